The van der Waals surface area contributed by atoms with Crippen LogP contribution in [0, 0.1) is 24.0 Å². The van der Waals surface area contributed by atoms with Gasteiger partial charge in [0, 0.05) is 35.3 Å². The van der Waals surface area contributed by atoms with Crippen LogP contribution < -0.4 is 10.9 Å². The van der Waals surface area contributed by atoms with E-state index >= 15 is 0 Å². The molecule has 138 valence electrons. The summed E-state index contributed by atoms with van der Waals surface area (Å²) < 4.78 is 0. The van der Waals surface area contributed by atoms with Crippen LogP contribution in [-0.2, 0) is 6.42 Å². The maximum atomic E-state index is 12.2. The predicted molar refractivity (Wildman–Crippen MR) is 103 cm³/mol. The molecule has 0 fully saturated rings. The molecule has 0 radical (unpaired) electrons. The van der Waals surface area contributed by atoms with E-state index in [1.165, 1.54) is 24.3 Å². The van der Waals surface area contributed by atoms with E-state index < -0.39 is 4.92 Å². The number of carbonyl (C=O) groups is 1. The van der Waals surface area contributed by atoms with Gasteiger partial charge in [-0.05, 0) is 67.1 Å². The normalized spacial score (nSPS) is 10.7. The Morgan fingerprint density at radius 3 is 2.44 bits per heavy atom. The summed E-state index contributed by atoms with van der Waals surface area (Å²) in [6.45, 7) is 4.30. The topological polar surface area (TPSA) is 105 Å². The lowest BCUT2D eigenvalue weighted by molar-refractivity contribution is -0.384. The molecule has 27 heavy (non-hydrogen) atoms. The van der Waals surface area contributed by atoms with Gasteiger partial charge in [-0.1, -0.05) is 0 Å². The van der Waals surface area contributed by atoms with Crippen LogP contribution >= 0.6 is 0 Å². The lowest BCUT2D eigenvalue weighted by Gasteiger charge is -2.08. The highest BCUT2D eigenvalue weighted by Crippen LogP contribution is 2.17. The van der Waals surface area contributed by atoms with Crippen molar-refractivity contribution in [3.8, 4) is 0 Å². The first-order valence-electron chi connectivity index (χ1n) is 8.51. The summed E-state index contributed by atoms with van der Waals surface area (Å²) in [4.78, 5) is 37.4. The fraction of sp³-hybridized carbons (Fsp3) is 0.200. The van der Waals surface area contributed by atoms with Crippen molar-refractivity contribution >= 4 is 22.5 Å². The number of non-ortho nitro benzene ring substituents is 1. The highest BCUT2D eigenvalue weighted by molar-refractivity contribution is 5.94. The number of nitro benzene ring substituents is 1. The summed E-state index contributed by atoms with van der Waals surface area (Å²) in [5.74, 6) is -0.339. The van der Waals surface area contributed by atoms with Crippen LogP contribution in [-0.4, -0.2) is 22.4 Å². The van der Waals surface area contributed by atoms with E-state index in [1.54, 1.807) is 0 Å². The number of nitrogens with zero attached hydrogens (tertiary/aromatic N) is 1. The van der Waals surface area contributed by atoms with Gasteiger partial charge in [-0.25, -0.2) is 0 Å². The molecule has 0 atom stereocenters. The van der Waals surface area contributed by atoms with Crippen molar-refractivity contribution in [2.45, 2.75) is 20.3 Å². The number of hydrogen-bond acceptors (Lipinski definition) is 4. The number of carbonyl (C=O) groups excluding carboxylic acids is 1. The molecule has 1 aromatic heterocycles. The second-order valence-corrected chi connectivity index (χ2v) is 6.46. The lowest BCUT2D eigenvalue weighted by Crippen LogP contribution is -2.27. The molecule has 1 heterocycles. The fourth-order valence-corrected chi connectivity index (χ4v) is 2.86. The molecule has 0 unspecified atom stereocenters. The van der Waals surface area contributed by atoms with E-state index in [2.05, 4.69) is 10.3 Å². The third kappa shape index (κ3) is 4.03. The van der Waals surface area contributed by atoms with Gasteiger partial charge in [0.15, 0.2) is 0 Å². The molecule has 2 N–H and O–H groups in total. The quantitative estimate of drug-likeness (QED) is 0.535. The van der Waals surface area contributed by atoms with Crippen molar-refractivity contribution < 1.29 is 9.72 Å². The average molecular weight is 365 g/mol. The Labute approximate surface area is 155 Å². The van der Waals surface area contributed by atoms with Crippen LogP contribution in [0.15, 0.2) is 47.3 Å². The molecule has 0 saturated heterocycles. The zero-order valence-corrected chi connectivity index (χ0v) is 15.0. The summed E-state index contributed by atoms with van der Waals surface area (Å²) in [5, 5.41) is 14.3. The van der Waals surface area contributed by atoms with Gasteiger partial charge in [-0.2, -0.15) is 0 Å². The van der Waals surface area contributed by atoms with Gasteiger partial charge < -0.3 is 10.3 Å². The Morgan fingerprint density at radius 1 is 1.11 bits per heavy atom. The van der Waals surface area contributed by atoms with E-state index in [4.69, 9.17) is 0 Å². The number of benzene rings is 2. The van der Waals surface area contributed by atoms with Gasteiger partial charge in [0.1, 0.15) is 0 Å². The standard InChI is InChI=1S/C20H19N3O4/c1-12-9-16-11-15(20(25)22-18(16)10-13(12)2)7-8-21-19(24)14-3-5-17(6-4-14)23(26)27/h3-6,9-11H,7-8H2,1-2H3,(H,21,24)(H,22,25). The summed E-state index contributed by atoms with van der Waals surface area (Å²) in [5.41, 5.74) is 3.74. The van der Waals surface area contributed by atoms with Crippen LogP contribution in [0.4, 0.5) is 5.69 Å². The van der Waals surface area contributed by atoms with E-state index in [0.717, 1.165) is 22.0 Å². The second kappa shape index (κ2) is 7.41. The number of nitro groups is 1. The van der Waals surface area contributed by atoms with Crippen molar-refractivity contribution in [1.29, 1.82) is 0 Å². The smallest absolute Gasteiger partial charge is 0.269 e. The van der Waals surface area contributed by atoms with Crippen LogP contribution in [0.25, 0.3) is 10.9 Å². The summed E-state index contributed by atoms with van der Waals surface area (Å²) in [6.07, 6.45) is 0.386. The highest BCUT2D eigenvalue weighted by atomic mass is 16.6. The second-order valence-electron chi connectivity index (χ2n) is 6.46. The highest BCUT2D eigenvalue weighted by Gasteiger charge is 2.10. The number of H-pyrrole nitrogens is 1. The Bertz CT molecular complexity index is 1080. The van der Waals surface area contributed by atoms with Gasteiger partial charge in [0.2, 0.25) is 0 Å². The number of pyridine rings is 1. The van der Waals surface area contributed by atoms with Gasteiger partial charge in [0.25, 0.3) is 17.2 Å². The lowest BCUT2D eigenvalue weighted by atomic mass is 10.0. The summed E-state index contributed by atoms with van der Waals surface area (Å²) in [7, 11) is 0. The van der Waals surface area contributed by atoms with Gasteiger partial charge in [-0.15, -0.1) is 0 Å². The molecule has 1 amide bonds. The fourth-order valence-electron chi connectivity index (χ4n) is 2.86. The Morgan fingerprint density at radius 2 is 1.78 bits per heavy atom. The first-order valence-corrected chi connectivity index (χ1v) is 8.51. The molecule has 7 nitrogen and oxygen atoms in total. The molecule has 0 saturated carbocycles. The molecule has 0 bridgehead atoms. The minimum absolute atomic E-state index is 0.0697. The summed E-state index contributed by atoms with van der Waals surface area (Å²) in [6, 6.07) is 11.2. The van der Waals surface area contributed by atoms with E-state index in [9.17, 15) is 19.7 Å². The zero-order chi connectivity index (χ0) is 19.6. The van der Waals surface area contributed by atoms with Crippen LogP contribution in [0.2, 0.25) is 0 Å². The average Bonchev–Trinajstić information content (AvgIpc) is 2.64. The van der Waals surface area contributed by atoms with Crippen molar-refractivity contribution in [2.24, 2.45) is 0 Å². The zero-order valence-electron chi connectivity index (χ0n) is 15.0. The van der Waals surface area contributed by atoms with Crippen LogP contribution in [0.5, 0.6) is 0 Å². The van der Waals surface area contributed by atoms with Crippen LogP contribution in [0.3, 0.4) is 0 Å². The van der Waals surface area contributed by atoms with Gasteiger partial charge in [-0.3, -0.25) is 19.7 Å². The number of nitrogens with one attached hydrogen (secondary N) is 2. The van der Waals surface area contributed by atoms with Crippen LogP contribution in [0.1, 0.15) is 27.0 Å². The minimum Gasteiger partial charge on any atom is -0.352 e. The maximum Gasteiger partial charge on any atom is 0.269 e. The van der Waals surface area contributed by atoms with Crippen molar-refractivity contribution in [2.75, 3.05) is 6.54 Å². The first kappa shape index (κ1) is 18.3. The molecular formula is C20H19N3O4. The van der Waals surface area contributed by atoms with E-state index in [1.807, 2.05) is 32.0 Å². The number of aryl methyl sites for hydroxylation is 2. The summed E-state index contributed by atoms with van der Waals surface area (Å²) >= 11 is 0. The van der Waals surface area contributed by atoms with Crippen molar-refractivity contribution in [3.05, 3.63) is 85.2 Å². The number of fused-ring (bicyclic) bond motifs is 1. The molecule has 0 aliphatic rings. The van der Waals surface area contributed by atoms with Crippen molar-refractivity contribution in [1.82, 2.24) is 10.3 Å². The first-order chi connectivity index (χ1) is 12.8. The minimum atomic E-state index is -0.517. The largest absolute Gasteiger partial charge is 0.352 e. The SMILES string of the molecule is Cc1cc2cc(CCNC(=O)c3ccc([N+](=O)[O-])cc3)c(=O)[nH]c2cc1C. The molecule has 0 spiro atoms. The molecule has 0 aliphatic carbocycles. The monoisotopic (exact) mass is 365 g/mol. The number of aromatic nitrogens is 1. The Hall–Kier alpha value is -3.48. The van der Waals surface area contributed by atoms with E-state index in [0.29, 0.717) is 17.5 Å². The molecule has 2 aromatic carbocycles. The molecular weight excluding hydrogens is 346 g/mol. The predicted octanol–water partition coefficient (Wildman–Crippen LogP) is 3.03. The molecule has 0 aliphatic heterocycles. The molecule has 3 aromatic rings. The maximum absolute atomic E-state index is 12.2. The molecule has 3 rings (SSSR count). The number of rotatable bonds is 5. The third-order valence-electron chi connectivity index (χ3n) is 4.56. The number of aromatic amines is 1. The molecule has 7 heteroatoms. The number of hydrogen-bond donors (Lipinski definition) is 2. The Balaban J connectivity index is 1.68. The van der Waals surface area contributed by atoms with E-state index in [-0.39, 0.29) is 23.7 Å². The van der Waals surface area contributed by atoms with Gasteiger partial charge in [0.05, 0.1) is 4.92 Å². The number of amides is 1. The third-order valence-corrected chi connectivity index (χ3v) is 4.56. The van der Waals surface area contributed by atoms with Crippen molar-refractivity contribution in [3.63, 3.8) is 0 Å². The van der Waals surface area contributed by atoms with Gasteiger partial charge >= 0.3 is 0 Å². The Kier molecular flexibility index (Phi) is 5.03.